The molecule has 12 nitrogen and oxygen atoms in total. The number of aromatic nitrogens is 1. The largest absolute Gasteiger partial charge is 0.446 e. The molecular weight excluding hydrogens is 691 g/mol. The normalized spacial score (nSPS) is 24.5. The lowest BCUT2D eigenvalue weighted by molar-refractivity contribution is -0.140. The fraction of sp³-hybridized carbons (Fsp3) is 0.541. The number of anilines is 1. The third-order valence-corrected chi connectivity index (χ3v) is 13.7. The quantitative estimate of drug-likeness (QED) is 0.150. The van der Waals surface area contributed by atoms with E-state index in [1.165, 1.54) is 6.08 Å². The second kappa shape index (κ2) is 15.3. The molecule has 1 aromatic carbocycles. The van der Waals surface area contributed by atoms with Gasteiger partial charge in [-0.25, -0.2) is 18.2 Å². The van der Waals surface area contributed by atoms with E-state index in [-0.39, 0.29) is 25.2 Å². The van der Waals surface area contributed by atoms with Crippen molar-refractivity contribution in [3.63, 3.8) is 0 Å². The molecule has 3 N–H and O–H groups in total. The number of ether oxygens (including phenoxy) is 1. The molecule has 0 saturated heterocycles. The first-order valence-electron chi connectivity index (χ1n) is 17.6. The average molecular weight is 740 g/mol. The molecule has 0 radical (unpaired) electrons. The van der Waals surface area contributed by atoms with Crippen LogP contribution in [0.3, 0.4) is 0 Å². The Kier molecular flexibility index (Phi) is 11.4. The van der Waals surface area contributed by atoms with Gasteiger partial charge in [0.1, 0.15) is 16.7 Å². The summed E-state index contributed by atoms with van der Waals surface area (Å²) in [5.41, 5.74) is 0.700. The molecule has 0 aliphatic heterocycles. The highest BCUT2D eigenvalue weighted by Crippen LogP contribution is 2.48. The maximum Gasteiger partial charge on any atom is 0.411 e. The van der Waals surface area contributed by atoms with Crippen LogP contribution >= 0.6 is 11.3 Å². The number of carbonyl (C=O) groups is 4. The summed E-state index contributed by atoms with van der Waals surface area (Å²) >= 11 is 1.54. The fourth-order valence-electron chi connectivity index (χ4n) is 6.64. The molecule has 1 heterocycles. The Bertz CT molecular complexity index is 1800. The molecule has 3 fully saturated rings. The van der Waals surface area contributed by atoms with Crippen molar-refractivity contribution in [1.29, 1.82) is 0 Å². The lowest BCUT2D eigenvalue weighted by Gasteiger charge is -2.26. The maximum absolute atomic E-state index is 14.0. The molecule has 3 aliphatic carbocycles. The second-order valence-electron chi connectivity index (χ2n) is 14.3. The predicted molar refractivity (Wildman–Crippen MR) is 197 cm³/mol. The van der Waals surface area contributed by atoms with Gasteiger partial charge < -0.3 is 15.0 Å². The molecule has 4 amide bonds. The van der Waals surface area contributed by atoms with Gasteiger partial charge in [-0.1, -0.05) is 25.1 Å². The highest BCUT2D eigenvalue weighted by molar-refractivity contribution is 7.91. The zero-order chi connectivity index (χ0) is 37.1. The number of rotatable bonds is 16. The van der Waals surface area contributed by atoms with Crippen molar-refractivity contribution in [2.45, 2.75) is 94.9 Å². The van der Waals surface area contributed by atoms with Crippen LogP contribution in [-0.4, -0.2) is 72.1 Å². The van der Waals surface area contributed by atoms with Gasteiger partial charge in [0, 0.05) is 36.1 Å². The Morgan fingerprint density at radius 2 is 1.86 bits per heavy atom. The van der Waals surface area contributed by atoms with E-state index in [1.54, 1.807) is 30.2 Å². The molecule has 51 heavy (non-hydrogen) atoms. The number of hydrogen-bond donors (Lipinski definition) is 3. The maximum atomic E-state index is 14.0. The molecule has 5 rings (SSSR count). The molecular formula is C37H49N5O7S2. The summed E-state index contributed by atoms with van der Waals surface area (Å²) in [6, 6.07) is 5.67. The lowest BCUT2D eigenvalue weighted by Crippen LogP contribution is -2.55. The van der Waals surface area contributed by atoms with E-state index < -0.39 is 62.1 Å². The predicted octanol–water partition coefficient (Wildman–Crippen LogP) is 5.50. The number of nitrogens with zero attached hydrogens (tertiary/aromatic N) is 2. The minimum absolute atomic E-state index is 0.0415. The molecule has 0 unspecified atom stereocenters. The smallest absolute Gasteiger partial charge is 0.411 e. The highest BCUT2D eigenvalue weighted by atomic mass is 32.2. The van der Waals surface area contributed by atoms with Crippen molar-refractivity contribution >= 4 is 50.9 Å². The summed E-state index contributed by atoms with van der Waals surface area (Å²) in [6.07, 6.45) is 8.11. The highest BCUT2D eigenvalue weighted by Gasteiger charge is 2.63. The van der Waals surface area contributed by atoms with Crippen LogP contribution < -0.4 is 15.4 Å². The molecule has 0 bridgehead atoms. The number of nitrogens with one attached hydrogen (secondary N) is 3. The molecule has 14 heteroatoms. The van der Waals surface area contributed by atoms with Crippen molar-refractivity contribution in [3.8, 4) is 10.6 Å². The summed E-state index contributed by atoms with van der Waals surface area (Å²) in [5.74, 6) is -3.92. The average Bonchev–Trinajstić information content (AvgIpc) is 3.89. The summed E-state index contributed by atoms with van der Waals surface area (Å²) in [7, 11) is -2.27. The topological polar surface area (TPSA) is 164 Å². The number of amides is 4. The summed E-state index contributed by atoms with van der Waals surface area (Å²) in [5, 5.41) is 6.42. The SMILES string of the molecule is C=CCCCCN(C)C(=O)[C@@H]1C[C@H](OC(=O)Nc2cc(C)ccc2-c2ncc(CC)s2)C[C@H]1C(=O)N[C@]1(C(=O)NS(=O)(=O)C2(C)CC2)C[C@H]1C=C. The van der Waals surface area contributed by atoms with Crippen LogP contribution in [0.5, 0.6) is 0 Å². The van der Waals surface area contributed by atoms with Gasteiger partial charge >= 0.3 is 6.09 Å². The van der Waals surface area contributed by atoms with Crippen molar-refractivity contribution in [2.24, 2.45) is 17.8 Å². The Morgan fingerprint density at radius 1 is 1.14 bits per heavy atom. The van der Waals surface area contributed by atoms with Crippen LogP contribution in [0.25, 0.3) is 10.6 Å². The van der Waals surface area contributed by atoms with Gasteiger partial charge in [0.25, 0.3) is 5.91 Å². The summed E-state index contributed by atoms with van der Waals surface area (Å²) in [4.78, 5) is 62.0. The third-order valence-electron chi connectivity index (χ3n) is 10.4. The number of carbonyl (C=O) groups excluding carboxylic acids is 4. The van der Waals surface area contributed by atoms with Gasteiger partial charge in [-0.3, -0.25) is 24.4 Å². The molecule has 5 atom stereocenters. The molecule has 1 aromatic heterocycles. The fourth-order valence-corrected chi connectivity index (χ4v) is 8.85. The number of unbranched alkanes of at least 4 members (excludes halogenated alkanes) is 2. The van der Waals surface area contributed by atoms with Crippen LogP contribution in [0, 0.1) is 24.7 Å². The number of benzene rings is 1. The van der Waals surface area contributed by atoms with Crippen molar-refractivity contribution in [3.05, 3.63) is 60.1 Å². The standard InChI is InChI=1S/C37H49N5O7S2/c1-7-10-11-12-17-42(6)33(44)29-20-25(49-35(46)39-30-18-23(4)13-14-27(30)32-38-22-26(9-3)50-32)19-28(29)31(43)40-37(21-24(37)8-2)34(45)41-51(47,48)36(5)15-16-36/h7-8,13-14,18,22,24-25,28-29H,1-2,9-12,15-17,19-21H2,3-6H3,(H,39,46)(H,40,43)(H,41,45)/t24-,25-,28-,29-,37-/m1/s1. The Balaban J connectivity index is 1.33. The van der Waals surface area contributed by atoms with Crippen molar-refractivity contribution in [1.82, 2.24) is 19.9 Å². The number of allylic oxidation sites excluding steroid dienone is 1. The number of hydrogen-bond acceptors (Lipinski definition) is 9. The van der Waals surface area contributed by atoms with E-state index >= 15 is 0 Å². The van der Waals surface area contributed by atoms with Gasteiger partial charge in [-0.15, -0.1) is 24.5 Å². The molecule has 0 spiro atoms. The van der Waals surface area contributed by atoms with Crippen molar-refractivity contribution in [2.75, 3.05) is 18.9 Å². The summed E-state index contributed by atoms with van der Waals surface area (Å²) in [6.45, 7) is 13.5. The molecule has 3 aliphatic rings. The van der Waals surface area contributed by atoms with Gasteiger partial charge in [0.15, 0.2) is 0 Å². The van der Waals surface area contributed by atoms with Crippen LogP contribution in [-0.2, 0) is 35.6 Å². The first-order valence-corrected chi connectivity index (χ1v) is 19.9. The zero-order valence-corrected chi connectivity index (χ0v) is 31.5. The van der Waals surface area contributed by atoms with E-state index in [2.05, 4.69) is 33.5 Å². The van der Waals surface area contributed by atoms with Crippen LogP contribution in [0.2, 0.25) is 0 Å². The number of sulfonamides is 1. The minimum Gasteiger partial charge on any atom is -0.446 e. The Hall–Kier alpha value is -4.04. The molecule has 276 valence electrons. The number of aryl methyl sites for hydroxylation is 2. The van der Waals surface area contributed by atoms with E-state index in [0.717, 1.165) is 46.7 Å². The van der Waals surface area contributed by atoms with Gasteiger partial charge in [-0.05, 0) is 89.3 Å². The van der Waals surface area contributed by atoms with Crippen LogP contribution in [0.4, 0.5) is 10.5 Å². The van der Waals surface area contributed by atoms with Gasteiger partial charge in [-0.2, -0.15) is 0 Å². The van der Waals surface area contributed by atoms with E-state index in [1.807, 2.05) is 44.3 Å². The summed E-state index contributed by atoms with van der Waals surface area (Å²) < 4.78 is 32.9. The third kappa shape index (κ3) is 8.38. The van der Waals surface area contributed by atoms with E-state index in [4.69, 9.17) is 4.74 Å². The second-order valence-corrected chi connectivity index (χ2v) is 17.6. The van der Waals surface area contributed by atoms with E-state index in [9.17, 15) is 27.6 Å². The van der Waals surface area contributed by atoms with Crippen LogP contribution in [0.15, 0.2) is 49.7 Å². The minimum atomic E-state index is -3.96. The monoisotopic (exact) mass is 739 g/mol. The van der Waals surface area contributed by atoms with Gasteiger partial charge in [0.2, 0.25) is 21.8 Å². The Morgan fingerprint density at radius 3 is 2.49 bits per heavy atom. The van der Waals surface area contributed by atoms with E-state index in [0.29, 0.717) is 25.1 Å². The first kappa shape index (κ1) is 38.2. The first-order chi connectivity index (χ1) is 24.2. The number of thiazole rings is 1. The lowest BCUT2D eigenvalue weighted by atomic mass is 9.93. The molecule has 2 aromatic rings. The molecule has 3 saturated carbocycles. The zero-order valence-electron chi connectivity index (χ0n) is 29.8. The van der Waals surface area contributed by atoms with Crippen LogP contribution in [0.1, 0.15) is 75.7 Å². The van der Waals surface area contributed by atoms with Gasteiger partial charge in [0.05, 0.1) is 22.3 Å². The van der Waals surface area contributed by atoms with Crippen molar-refractivity contribution < 1.29 is 32.3 Å². The Labute approximate surface area is 304 Å².